The number of allylic oxidation sites excluding steroid dienone is 9. The summed E-state index contributed by atoms with van der Waals surface area (Å²) in [5.74, 6) is -0.744. The summed E-state index contributed by atoms with van der Waals surface area (Å²) >= 11 is 0. The third kappa shape index (κ3) is 15.0. The molecule has 0 aromatic heterocycles. The zero-order valence-corrected chi connectivity index (χ0v) is 14.4. The molecule has 0 unspecified atom stereocenters. The molecule has 4 heteroatoms. The predicted molar refractivity (Wildman–Crippen MR) is 98.7 cm³/mol. The van der Waals surface area contributed by atoms with Crippen molar-refractivity contribution in [1.82, 2.24) is 0 Å². The van der Waals surface area contributed by atoms with Crippen molar-refractivity contribution in [1.29, 1.82) is 0 Å². The number of unbranched alkanes of at least 4 members (excludes halogenated alkanes) is 1. The van der Waals surface area contributed by atoms with Crippen LogP contribution in [0.3, 0.4) is 0 Å². The Morgan fingerprint density at radius 3 is 2.12 bits per heavy atom. The van der Waals surface area contributed by atoms with Gasteiger partial charge in [-0.05, 0) is 32.1 Å². The van der Waals surface area contributed by atoms with Crippen LogP contribution in [0.2, 0.25) is 0 Å². The van der Waals surface area contributed by atoms with Crippen molar-refractivity contribution >= 4 is 5.97 Å². The van der Waals surface area contributed by atoms with E-state index in [0.717, 1.165) is 12.8 Å². The Kier molecular flexibility index (Phi) is 14.7. The Balaban J connectivity index is 3.71. The van der Waals surface area contributed by atoms with Crippen molar-refractivity contribution in [3.05, 3.63) is 60.8 Å². The Morgan fingerprint density at radius 1 is 0.917 bits per heavy atom. The van der Waals surface area contributed by atoms with Crippen LogP contribution in [-0.4, -0.2) is 33.5 Å². The lowest BCUT2D eigenvalue weighted by molar-refractivity contribution is -0.137. The van der Waals surface area contributed by atoms with Gasteiger partial charge in [-0.2, -0.15) is 0 Å². The second-order valence-corrected chi connectivity index (χ2v) is 5.36. The molecule has 0 rings (SSSR count). The molecule has 0 amide bonds. The van der Waals surface area contributed by atoms with Gasteiger partial charge in [-0.15, -0.1) is 0 Å². The first-order valence-corrected chi connectivity index (χ1v) is 8.45. The van der Waals surface area contributed by atoms with Crippen molar-refractivity contribution in [3.63, 3.8) is 0 Å². The average molecular weight is 334 g/mol. The molecule has 0 spiro atoms. The van der Waals surface area contributed by atoms with E-state index in [9.17, 15) is 15.0 Å². The highest BCUT2D eigenvalue weighted by molar-refractivity contribution is 5.66. The van der Waals surface area contributed by atoms with Crippen LogP contribution in [0.25, 0.3) is 0 Å². The summed E-state index contributed by atoms with van der Waals surface area (Å²) in [5.41, 5.74) is 0. The molecule has 3 N–H and O–H groups in total. The van der Waals surface area contributed by atoms with Crippen LogP contribution in [0.4, 0.5) is 0 Å². The predicted octanol–water partition coefficient (Wildman–Crippen LogP) is 3.93. The van der Waals surface area contributed by atoms with E-state index in [4.69, 9.17) is 5.11 Å². The Bertz CT molecular complexity index is 458. The van der Waals surface area contributed by atoms with Gasteiger partial charge in [-0.1, -0.05) is 67.7 Å². The van der Waals surface area contributed by atoms with Crippen LogP contribution in [-0.2, 0) is 4.79 Å². The summed E-state index contributed by atoms with van der Waals surface area (Å²) in [4.78, 5) is 10.3. The third-order valence-corrected chi connectivity index (χ3v) is 3.22. The summed E-state index contributed by atoms with van der Waals surface area (Å²) in [7, 11) is 0. The number of aliphatic hydroxyl groups excluding tert-OH is 2. The molecule has 0 aliphatic heterocycles. The number of carboxylic acid groups (broad SMARTS) is 1. The number of aliphatic hydroxyl groups is 2. The molecule has 0 aromatic rings. The van der Waals surface area contributed by atoms with E-state index < -0.39 is 18.2 Å². The molecule has 0 bridgehead atoms. The van der Waals surface area contributed by atoms with Gasteiger partial charge in [-0.25, -0.2) is 0 Å². The Hall–Kier alpha value is -1.91. The highest BCUT2D eigenvalue weighted by atomic mass is 16.4. The first-order valence-electron chi connectivity index (χ1n) is 8.45. The van der Waals surface area contributed by atoms with Crippen molar-refractivity contribution < 1.29 is 20.1 Å². The monoisotopic (exact) mass is 334 g/mol. The Labute approximate surface area is 145 Å². The van der Waals surface area contributed by atoms with Crippen molar-refractivity contribution in [2.45, 2.75) is 57.7 Å². The van der Waals surface area contributed by atoms with E-state index in [2.05, 4.69) is 0 Å². The van der Waals surface area contributed by atoms with Crippen LogP contribution < -0.4 is 0 Å². The van der Waals surface area contributed by atoms with Gasteiger partial charge in [-0.3, -0.25) is 4.79 Å². The third-order valence-electron chi connectivity index (χ3n) is 3.22. The molecule has 0 saturated heterocycles. The average Bonchev–Trinajstić information content (AvgIpc) is 2.57. The minimum atomic E-state index is -0.793. The number of aliphatic carboxylic acids is 1. The van der Waals surface area contributed by atoms with Gasteiger partial charge in [0, 0.05) is 6.42 Å². The quantitative estimate of drug-likeness (QED) is 0.271. The zero-order chi connectivity index (χ0) is 18.0. The van der Waals surface area contributed by atoms with Gasteiger partial charge < -0.3 is 15.3 Å². The van der Waals surface area contributed by atoms with E-state index in [1.807, 2.05) is 61.6 Å². The summed E-state index contributed by atoms with van der Waals surface area (Å²) in [6.45, 7) is 1.83. The molecule has 0 aromatic carbocycles. The topological polar surface area (TPSA) is 77.8 Å². The van der Waals surface area contributed by atoms with Crippen LogP contribution in [0.5, 0.6) is 0 Å². The lowest BCUT2D eigenvalue weighted by Crippen LogP contribution is -2.22. The van der Waals surface area contributed by atoms with E-state index in [-0.39, 0.29) is 6.42 Å². The Morgan fingerprint density at radius 2 is 1.54 bits per heavy atom. The summed E-state index contributed by atoms with van der Waals surface area (Å²) in [6, 6.07) is 0. The summed E-state index contributed by atoms with van der Waals surface area (Å²) in [5, 5.41) is 27.4. The summed E-state index contributed by atoms with van der Waals surface area (Å²) in [6.07, 6.45) is 21.5. The van der Waals surface area contributed by atoms with Crippen molar-refractivity contribution in [2.75, 3.05) is 0 Å². The molecule has 4 nitrogen and oxygen atoms in total. The van der Waals surface area contributed by atoms with E-state index in [0.29, 0.717) is 19.3 Å². The molecule has 0 saturated carbocycles. The minimum absolute atomic E-state index is 0.225. The normalized spacial score (nSPS) is 15.5. The van der Waals surface area contributed by atoms with E-state index >= 15 is 0 Å². The maximum atomic E-state index is 10.3. The molecular weight excluding hydrogens is 304 g/mol. The van der Waals surface area contributed by atoms with Gasteiger partial charge in [0.2, 0.25) is 0 Å². The molecule has 134 valence electrons. The molecule has 0 heterocycles. The standard InChI is InChI=1S/C20H30O4/c1-2-18(21)19(22)16-14-12-10-8-6-4-3-5-7-9-11-13-15-17-20(23)24/h3-6,8-11,14,16,18-19,21-22H,2,7,12-13,15,17H2,1H3,(H,23,24)/b5-3-,6-4-,10-8+,11-9-,16-14+/t18-,19-/m1/s1. The second-order valence-electron chi connectivity index (χ2n) is 5.36. The van der Waals surface area contributed by atoms with Gasteiger partial charge >= 0.3 is 5.97 Å². The second kappa shape index (κ2) is 16.0. The number of rotatable bonds is 13. The molecule has 24 heavy (non-hydrogen) atoms. The molecule has 0 aliphatic rings. The largest absolute Gasteiger partial charge is 0.481 e. The van der Waals surface area contributed by atoms with Gasteiger partial charge in [0.1, 0.15) is 0 Å². The van der Waals surface area contributed by atoms with Crippen molar-refractivity contribution in [2.24, 2.45) is 0 Å². The first kappa shape index (κ1) is 22.1. The number of carbonyl (C=O) groups is 1. The highest BCUT2D eigenvalue weighted by Gasteiger charge is 2.08. The fourth-order valence-electron chi connectivity index (χ4n) is 1.77. The molecule has 2 atom stereocenters. The number of hydrogen-bond acceptors (Lipinski definition) is 3. The fraction of sp³-hybridized carbons (Fsp3) is 0.450. The van der Waals surface area contributed by atoms with Crippen LogP contribution in [0, 0.1) is 0 Å². The van der Waals surface area contributed by atoms with Gasteiger partial charge in [0.25, 0.3) is 0 Å². The minimum Gasteiger partial charge on any atom is -0.481 e. The lowest BCUT2D eigenvalue weighted by Gasteiger charge is -2.10. The fourth-order valence-corrected chi connectivity index (χ4v) is 1.77. The zero-order valence-electron chi connectivity index (χ0n) is 14.4. The van der Waals surface area contributed by atoms with Crippen molar-refractivity contribution in [3.8, 4) is 0 Å². The highest BCUT2D eigenvalue weighted by Crippen LogP contribution is 2.01. The maximum Gasteiger partial charge on any atom is 0.303 e. The maximum absolute atomic E-state index is 10.3. The number of carboxylic acids is 1. The number of hydrogen-bond donors (Lipinski definition) is 3. The van der Waals surface area contributed by atoms with Crippen LogP contribution in [0.15, 0.2) is 60.8 Å². The van der Waals surface area contributed by atoms with Crippen LogP contribution >= 0.6 is 0 Å². The smallest absolute Gasteiger partial charge is 0.303 e. The molecule has 0 fully saturated rings. The van der Waals surface area contributed by atoms with E-state index in [1.165, 1.54) is 0 Å². The van der Waals surface area contributed by atoms with Gasteiger partial charge in [0.05, 0.1) is 12.2 Å². The molecule has 0 aliphatic carbocycles. The molecular formula is C20H30O4. The molecule has 0 radical (unpaired) electrons. The van der Waals surface area contributed by atoms with Gasteiger partial charge in [0.15, 0.2) is 0 Å². The van der Waals surface area contributed by atoms with E-state index in [1.54, 1.807) is 6.08 Å². The first-order chi connectivity index (χ1) is 11.6. The SMILES string of the molecule is CC[C@@H](O)[C@H](O)/C=C/C/C=C/C=C\C=C/C/C=C\CCCC(=O)O. The lowest BCUT2D eigenvalue weighted by atomic mass is 10.1. The van der Waals surface area contributed by atoms with Crippen LogP contribution in [0.1, 0.15) is 45.4 Å². The summed E-state index contributed by atoms with van der Waals surface area (Å²) < 4.78 is 0.